The Balaban J connectivity index is 1.63. The number of rotatable bonds is 7. The molecule has 2 unspecified atom stereocenters. The predicted octanol–water partition coefficient (Wildman–Crippen LogP) is 3.26. The van der Waals surface area contributed by atoms with Crippen molar-refractivity contribution in [2.45, 2.75) is 59.0 Å². The van der Waals surface area contributed by atoms with Crippen molar-refractivity contribution in [1.29, 1.82) is 0 Å². The SMILES string of the molecule is Cc1nc(C)n(CC(C)C(=O)NCC(c2ccccc2)N2CCCCCC2)n1. The van der Waals surface area contributed by atoms with E-state index in [0.29, 0.717) is 13.1 Å². The van der Waals surface area contributed by atoms with Gasteiger partial charge in [-0.2, -0.15) is 5.10 Å². The first-order chi connectivity index (χ1) is 13.5. The summed E-state index contributed by atoms with van der Waals surface area (Å²) in [7, 11) is 0. The molecular formula is C22H33N5O. The van der Waals surface area contributed by atoms with Crippen LogP contribution in [-0.4, -0.2) is 45.2 Å². The lowest BCUT2D eigenvalue weighted by Crippen LogP contribution is -2.41. The minimum atomic E-state index is -0.152. The van der Waals surface area contributed by atoms with Crippen molar-refractivity contribution in [3.63, 3.8) is 0 Å². The van der Waals surface area contributed by atoms with E-state index in [-0.39, 0.29) is 17.9 Å². The molecule has 1 saturated heterocycles. The van der Waals surface area contributed by atoms with Crippen LogP contribution in [0.1, 0.15) is 55.9 Å². The van der Waals surface area contributed by atoms with E-state index in [4.69, 9.17) is 0 Å². The molecule has 2 heterocycles. The number of amides is 1. The highest BCUT2D eigenvalue weighted by atomic mass is 16.1. The lowest BCUT2D eigenvalue weighted by atomic mass is 10.0. The Hall–Kier alpha value is -2.21. The maximum atomic E-state index is 12.8. The van der Waals surface area contributed by atoms with Gasteiger partial charge in [0, 0.05) is 6.54 Å². The van der Waals surface area contributed by atoms with Crippen molar-refractivity contribution in [2.75, 3.05) is 19.6 Å². The monoisotopic (exact) mass is 383 g/mol. The number of aromatic nitrogens is 3. The van der Waals surface area contributed by atoms with Crippen molar-refractivity contribution >= 4 is 5.91 Å². The van der Waals surface area contributed by atoms with Crippen LogP contribution in [0.5, 0.6) is 0 Å². The van der Waals surface area contributed by atoms with E-state index in [1.165, 1.54) is 31.2 Å². The molecule has 2 aromatic rings. The summed E-state index contributed by atoms with van der Waals surface area (Å²) in [6.07, 6.45) is 5.08. The van der Waals surface area contributed by atoms with Gasteiger partial charge in [-0.15, -0.1) is 0 Å². The summed E-state index contributed by atoms with van der Waals surface area (Å²) < 4.78 is 1.82. The van der Waals surface area contributed by atoms with Gasteiger partial charge in [0.05, 0.1) is 18.5 Å². The van der Waals surface area contributed by atoms with Gasteiger partial charge < -0.3 is 5.32 Å². The van der Waals surface area contributed by atoms with Gasteiger partial charge in [-0.1, -0.05) is 50.1 Å². The van der Waals surface area contributed by atoms with Crippen molar-refractivity contribution in [3.05, 3.63) is 47.5 Å². The molecule has 1 fully saturated rings. The van der Waals surface area contributed by atoms with Gasteiger partial charge in [0.25, 0.3) is 0 Å². The Labute approximate surface area is 168 Å². The molecule has 28 heavy (non-hydrogen) atoms. The second kappa shape index (κ2) is 9.82. The van der Waals surface area contributed by atoms with Crippen LogP contribution in [0.3, 0.4) is 0 Å². The second-order valence-corrected chi connectivity index (χ2v) is 7.91. The number of benzene rings is 1. The van der Waals surface area contributed by atoms with E-state index in [2.05, 4.69) is 44.6 Å². The van der Waals surface area contributed by atoms with Crippen molar-refractivity contribution < 1.29 is 4.79 Å². The molecule has 0 saturated carbocycles. The van der Waals surface area contributed by atoms with Crippen LogP contribution >= 0.6 is 0 Å². The van der Waals surface area contributed by atoms with E-state index in [9.17, 15) is 4.79 Å². The van der Waals surface area contributed by atoms with Crippen molar-refractivity contribution in [2.24, 2.45) is 5.92 Å². The summed E-state index contributed by atoms with van der Waals surface area (Å²) >= 11 is 0. The van der Waals surface area contributed by atoms with Crippen LogP contribution < -0.4 is 5.32 Å². The molecule has 1 aromatic heterocycles. The molecule has 0 aliphatic carbocycles. The molecule has 1 N–H and O–H groups in total. The van der Waals surface area contributed by atoms with E-state index < -0.39 is 0 Å². The Morgan fingerprint density at radius 1 is 1.11 bits per heavy atom. The van der Waals surface area contributed by atoms with Crippen molar-refractivity contribution in [1.82, 2.24) is 25.0 Å². The van der Waals surface area contributed by atoms with E-state index >= 15 is 0 Å². The smallest absolute Gasteiger partial charge is 0.224 e. The highest BCUT2D eigenvalue weighted by molar-refractivity contribution is 5.78. The lowest BCUT2D eigenvalue weighted by Gasteiger charge is -2.31. The minimum absolute atomic E-state index is 0.0725. The number of carbonyl (C=O) groups excluding carboxylic acids is 1. The molecule has 1 aromatic carbocycles. The lowest BCUT2D eigenvalue weighted by molar-refractivity contribution is -0.125. The van der Waals surface area contributed by atoms with E-state index in [0.717, 1.165) is 24.7 Å². The van der Waals surface area contributed by atoms with Gasteiger partial charge in [-0.05, 0) is 45.3 Å². The third kappa shape index (κ3) is 5.41. The summed E-state index contributed by atoms with van der Waals surface area (Å²) in [4.78, 5) is 19.6. The summed E-state index contributed by atoms with van der Waals surface area (Å²) in [6, 6.07) is 10.8. The standard InChI is InChI=1S/C22H33N5O/c1-17(16-27-19(3)24-18(2)25-27)22(28)23-15-21(20-11-7-6-8-12-20)26-13-9-4-5-10-14-26/h6-8,11-12,17,21H,4-5,9-10,13-16H2,1-3H3,(H,23,28). The van der Waals surface area contributed by atoms with Crippen molar-refractivity contribution in [3.8, 4) is 0 Å². The fraction of sp³-hybridized carbons (Fsp3) is 0.591. The molecule has 2 atom stereocenters. The summed E-state index contributed by atoms with van der Waals surface area (Å²) in [6.45, 7) is 9.15. The molecule has 1 aliphatic rings. The molecule has 0 bridgehead atoms. The van der Waals surface area contributed by atoms with Crippen LogP contribution in [0.4, 0.5) is 0 Å². The molecule has 1 amide bonds. The summed E-state index contributed by atoms with van der Waals surface area (Å²) in [5.41, 5.74) is 1.28. The first-order valence-corrected chi connectivity index (χ1v) is 10.5. The zero-order chi connectivity index (χ0) is 19.9. The zero-order valence-electron chi connectivity index (χ0n) is 17.4. The summed E-state index contributed by atoms with van der Waals surface area (Å²) in [5.74, 6) is 1.52. The number of hydrogen-bond donors (Lipinski definition) is 1. The van der Waals surface area contributed by atoms with Crippen LogP contribution in [-0.2, 0) is 11.3 Å². The fourth-order valence-electron chi connectivity index (χ4n) is 3.99. The summed E-state index contributed by atoms with van der Waals surface area (Å²) in [5, 5.41) is 7.58. The van der Waals surface area contributed by atoms with Crippen LogP contribution in [0.25, 0.3) is 0 Å². The minimum Gasteiger partial charge on any atom is -0.354 e. The Morgan fingerprint density at radius 3 is 2.39 bits per heavy atom. The zero-order valence-corrected chi connectivity index (χ0v) is 17.4. The van der Waals surface area contributed by atoms with Gasteiger partial charge >= 0.3 is 0 Å². The molecule has 0 spiro atoms. The maximum Gasteiger partial charge on any atom is 0.224 e. The van der Waals surface area contributed by atoms with Crippen LogP contribution in [0.15, 0.2) is 30.3 Å². The molecule has 6 nitrogen and oxygen atoms in total. The maximum absolute atomic E-state index is 12.8. The molecule has 3 rings (SSSR count). The van der Waals surface area contributed by atoms with Gasteiger partial charge in [-0.25, -0.2) is 9.67 Å². The molecule has 1 aliphatic heterocycles. The van der Waals surface area contributed by atoms with Crippen LogP contribution in [0, 0.1) is 19.8 Å². The predicted molar refractivity (Wildman–Crippen MR) is 111 cm³/mol. The van der Waals surface area contributed by atoms with Gasteiger partial charge in [0.1, 0.15) is 11.6 Å². The van der Waals surface area contributed by atoms with Crippen LogP contribution in [0.2, 0.25) is 0 Å². The van der Waals surface area contributed by atoms with Gasteiger partial charge in [-0.3, -0.25) is 9.69 Å². The first-order valence-electron chi connectivity index (χ1n) is 10.5. The number of hydrogen-bond acceptors (Lipinski definition) is 4. The first kappa shape index (κ1) is 20.5. The average molecular weight is 384 g/mol. The average Bonchev–Trinajstić information content (AvgIpc) is 2.88. The Bertz CT molecular complexity index is 750. The molecule has 152 valence electrons. The Morgan fingerprint density at radius 2 is 1.79 bits per heavy atom. The number of likely N-dealkylation sites (tertiary alicyclic amines) is 1. The third-order valence-corrected chi connectivity index (χ3v) is 5.59. The fourth-order valence-corrected chi connectivity index (χ4v) is 3.99. The largest absolute Gasteiger partial charge is 0.354 e. The van der Waals surface area contributed by atoms with E-state index in [1.54, 1.807) is 0 Å². The number of aryl methyl sites for hydroxylation is 2. The topological polar surface area (TPSA) is 63.1 Å². The Kier molecular flexibility index (Phi) is 7.20. The molecular weight excluding hydrogens is 350 g/mol. The third-order valence-electron chi connectivity index (χ3n) is 5.59. The normalized spacial score (nSPS) is 17.7. The van der Waals surface area contributed by atoms with Gasteiger partial charge in [0.2, 0.25) is 5.91 Å². The molecule has 0 radical (unpaired) electrons. The van der Waals surface area contributed by atoms with Gasteiger partial charge in [0.15, 0.2) is 0 Å². The quantitative estimate of drug-likeness (QED) is 0.797. The molecule has 6 heteroatoms. The highest BCUT2D eigenvalue weighted by Gasteiger charge is 2.23. The highest BCUT2D eigenvalue weighted by Crippen LogP contribution is 2.23. The number of nitrogens with zero attached hydrogens (tertiary/aromatic N) is 4. The number of nitrogens with one attached hydrogen (secondary N) is 1. The second-order valence-electron chi connectivity index (χ2n) is 7.91. The van der Waals surface area contributed by atoms with E-state index in [1.807, 2.05) is 31.5 Å². The number of carbonyl (C=O) groups is 1.